The van der Waals surface area contributed by atoms with E-state index in [0.29, 0.717) is 5.95 Å². The zero-order valence-corrected chi connectivity index (χ0v) is 8.27. The molecular weight excluding hydrogens is 172 g/mol. The second-order valence-electron chi connectivity index (χ2n) is 2.17. The fraction of sp³-hybridized carbons (Fsp3) is 0.571. The maximum Gasteiger partial charge on any atom is 0.226 e. The third-order valence-electron chi connectivity index (χ3n) is 1.22. The van der Waals surface area contributed by atoms with E-state index in [9.17, 15) is 0 Å². The van der Waals surface area contributed by atoms with E-state index in [1.165, 1.54) is 0 Å². The van der Waals surface area contributed by atoms with Gasteiger partial charge in [0.1, 0.15) is 5.82 Å². The average molecular weight is 184 g/mol. The maximum absolute atomic E-state index is 4.17. The minimum Gasteiger partial charge on any atom is -0.357 e. The van der Waals surface area contributed by atoms with Gasteiger partial charge in [-0.05, 0) is 12.7 Å². The van der Waals surface area contributed by atoms with Crippen molar-refractivity contribution in [2.75, 3.05) is 18.1 Å². The molecule has 4 nitrogen and oxygen atoms in total. The molecule has 0 aliphatic carbocycles. The van der Waals surface area contributed by atoms with Gasteiger partial charge in [0.2, 0.25) is 5.95 Å². The van der Waals surface area contributed by atoms with Gasteiger partial charge in [0.25, 0.3) is 0 Å². The topological polar surface area (TPSA) is 50.7 Å². The predicted octanol–water partition coefficient (Wildman–Crippen LogP) is 1.33. The number of hydrogen-bond acceptors (Lipinski definition) is 5. The van der Waals surface area contributed by atoms with E-state index in [4.69, 9.17) is 0 Å². The fourth-order valence-electron chi connectivity index (χ4n) is 0.763. The number of thioether (sulfide) groups is 1. The highest BCUT2D eigenvalue weighted by atomic mass is 32.2. The van der Waals surface area contributed by atoms with Gasteiger partial charge in [-0.3, -0.25) is 0 Å². The van der Waals surface area contributed by atoms with Crippen molar-refractivity contribution < 1.29 is 0 Å². The van der Waals surface area contributed by atoms with E-state index in [0.717, 1.165) is 16.7 Å². The standard InChI is InChI=1S/C7H12N4S/c1-4-12-7-10-5(2)9-6(8-3)11-7/h4H2,1-3H3,(H,8,9,10,11). The average Bonchev–Trinajstić information content (AvgIpc) is 2.04. The molecule has 0 aliphatic rings. The predicted molar refractivity (Wildman–Crippen MR) is 50.5 cm³/mol. The first-order chi connectivity index (χ1) is 5.76. The van der Waals surface area contributed by atoms with Crippen molar-refractivity contribution in [3.05, 3.63) is 5.82 Å². The Bertz CT molecular complexity index is 264. The molecule has 0 atom stereocenters. The van der Waals surface area contributed by atoms with Crippen LogP contribution in [0.2, 0.25) is 0 Å². The molecule has 0 aliphatic heterocycles. The van der Waals surface area contributed by atoms with Crippen LogP contribution in [-0.2, 0) is 0 Å². The van der Waals surface area contributed by atoms with Crippen molar-refractivity contribution in [3.63, 3.8) is 0 Å². The SMILES string of the molecule is CCSc1nc(C)nc(NC)n1. The van der Waals surface area contributed by atoms with Gasteiger partial charge in [0.15, 0.2) is 5.16 Å². The molecule has 0 unspecified atom stereocenters. The Hall–Kier alpha value is -0.840. The van der Waals surface area contributed by atoms with E-state index < -0.39 is 0 Å². The summed E-state index contributed by atoms with van der Waals surface area (Å²) in [5.74, 6) is 2.37. The smallest absolute Gasteiger partial charge is 0.226 e. The first-order valence-electron chi connectivity index (χ1n) is 3.79. The van der Waals surface area contributed by atoms with Gasteiger partial charge < -0.3 is 5.32 Å². The van der Waals surface area contributed by atoms with Gasteiger partial charge in [-0.1, -0.05) is 18.7 Å². The molecule has 5 heteroatoms. The summed E-state index contributed by atoms with van der Waals surface area (Å²) in [6, 6.07) is 0. The van der Waals surface area contributed by atoms with Crippen LogP contribution in [0.15, 0.2) is 5.16 Å². The number of aryl methyl sites for hydroxylation is 1. The molecule has 1 N–H and O–H groups in total. The zero-order chi connectivity index (χ0) is 8.97. The first-order valence-corrected chi connectivity index (χ1v) is 4.78. The molecule has 1 heterocycles. The highest BCUT2D eigenvalue weighted by molar-refractivity contribution is 7.99. The van der Waals surface area contributed by atoms with Gasteiger partial charge in [-0.25, -0.2) is 4.98 Å². The van der Waals surface area contributed by atoms with Crippen LogP contribution in [0, 0.1) is 6.92 Å². The number of anilines is 1. The van der Waals surface area contributed by atoms with E-state index >= 15 is 0 Å². The van der Waals surface area contributed by atoms with E-state index in [1.54, 1.807) is 18.8 Å². The molecule has 66 valence electrons. The molecule has 0 amide bonds. The van der Waals surface area contributed by atoms with Crippen LogP contribution < -0.4 is 5.32 Å². The van der Waals surface area contributed by atoms with E-state index in [2.05, 4.69) is 27.2 Å². The Balaban J connectivity index is 2.90. The maximum atomic E-state index is 4.17. The number of nitrogens with zero attached hydrogens (tertiary/aromatic N) is 3. The van der Waals surface area contributed by atoms with Gasteiger partial charge in [-0.2, -0.15) is 9.97 Å². The van der Waals surface area contributed by atoms with Crippen molar-refractivity contribution in [2.24, 2.45) is 0 Å². The molecular formula is C7H12N4S. The molecule has 0 fully saturated rings. The molecule has 0 bridgehead atoms. The van der Waals surface area contributed by atoms with Gasteiger partial charge >= 0.3 is 0 Å². The summed E-state index contributed by atoms with van der Waals surface area (Å²) in [5.41, 5.74) is 0. The van der Waals surface area contributed by atoms with Crippen molar-refractivity contribution in [3.8, 4) is 0 Å². The Kier molecular flexibility index (Phi) is 3.28. The summed E-state index contributed by atoms with van der Waals surface area (Å²) in [5, 5.41) is 3.68. The quantitative estimate of drug-likeness (QED) is 0.718. The summed E-state index contributed by atoms with van der Waals surface area (Å²) in [7, 11) is 1.80. The molecule has 0 aromatic carbocycles. The number of aromatic nitrogens is 3. The summed E-state index contributed by atoms with van der Waals surface area (Å²) >= 11 is 1.62. The van der Waals surface area contributed by atoms with Gasteiger partial charge in [0, 0.05) is 7.05 Å². The molecule has 1 rings (SSSR count). The van der Waals surface area contributed by atoms with Crippen molar-refractivity contribution >= 4 is 17.7 Å². The second kappa shape index (κ2) is 4.25. The molecule has 0 saturated carbocycles. The third kappa shape index (κ3) is 2.34. The van der Waals surface area contributed by atoms with E-state index in [1.807, 2.05) is 6.92 Å². The Morgan fingerprint density at radius 2 is 2.08 bits per heavy atom. The largest absolute Gasteiger partial charge is 0.357 e. The zero-order valence-electron chi connectivity index (χ0n) is 7.46. The van der Waals surface area contributed by atoms with Crippen molar-refractivity contribution in [2.45, 2.75) is 19.0 Å². The lowest BCUT2D eigenvalue weighted by Crippen LogP contribution is -2.01. The summed E-state index contributed by atoms with van der Waals surface area (Å²) in [6.07, 6.45) is 0. The molecule has 0 spiro atoms. The summed E-state index contributed by atoms with van der Waals surface area (Å²) in [6.45, 7) is 3.94. The Morgan fingerprint density at radius 3 is 2.67 bits per heavy atom. The van der Waals surface area contributed by atoms with E-state index in [-0.39, 0.29) is 0 Å². The molecule has 12 heavy (non-hydrogen) atoms. The molecule has 1 aromatic heterocycles. The van der Waals surface area contributed by atoms with Crippen LogP contribution in [0.4, 0.5) is 5.95 Å². The monoisotopic (exact) mass is 184 g/mol. The highest BCUT2D eigenvalue weighted by Gasteiger charge is 2.00. The molecule has 0 saturated heterocycles. The van der Waals surface area contributed by atoms with Crippen LogP contribution in [0.5, 0.6) is 0 Å². The lowest BCUT2D eigenvalue weighted by atomic mass is 10.7. The minimum absolute atomic E-state index is 0.637. The van der Waals surface area contributed by atoms with Crippen LogP contribution in [-0.4, -0.2) is 27.8 Å². The number of hydrogen-bond donors (Lipinski definition) is 1. The van der Waals surface area contributed by atoms with Crippen LogP contribution in [0.3, 0.4) is 0 Å². The summed E-state index contributed by atoms with van der Waals surface area (Å²) < 4.78 is 0. The number of rotatable bonds is 3. The van der Waals surface area contributed by atoms with Crippen molar-refractivity contribution in [1.82, 2.24) is 15.0 Å². The van der Waals surface area contributed by atoms with Crippen LogP contribution >= 0.6 is 11.8 Å². The molecule has 1 aromatic rings. The van der Waals surface area contributed by atoms with Crippen LogP contribution in [0.1, 0.15) is 12.7 Å². The lowest BCUT2D eigenvalue weighted by molar-refractivity contribution is 0.864. The van der Waals surface area contributed by atoms with Gasteiger partial charge in [-0.15, -0.1) is 0 Å². The fourth-order valence-corrected chi connectivity index (χ4v) is 1.37. The molecule has 0 radical (unpaired) electrons. The Morgan fingerprint density at radius 1 is 1.33 bits per heavy atom. The second-order valence-corrected chi connectivity index (χ2v) is 3.40. The van der Waals surface area contributed by atoms with Crippen molar-refractivity contribution in [1.29, 1.82) is 0 Å². The normalized spacial score (nSPS) is 9.92. The lowest BCUT2D eigenvalue weighted by Gasteiger charge is -2.01. The highest BCUT2D eigenvalue weighted by Crippen LogP contribution is 2.12. The Labute approximate surface area is 76.2 Å². The van der Waals surface area contributed by atoms with Gasteiger partial charge in [0.05, 0.1) is 0 Å². The summed E-state index contributed by atoms with van der Waals surface area (Å²) in [4.78, 5) is 12.4. The third-order valence-corrected chi connectivity index (χ3v) is 1.95. The first kappa shape index (κ1) is 9.25. The number of nitrogens with one attached hydrogen (secondary N) is 1. The minimum atomic E-state index is 0.637. The van der Waals surface area contributed by atoms with Crippen LogP contribution in [0.25, 0.3) is 0 Å².